The van der Waals surface area contributed by atoms with Gasteiger partial charge in [-0.15, -0.1) is 0 Å². The maximum atomic E-state index is 12.2. The third kappa shape index (κ3) is 3.30. The van der Waals surface area contributed by atoms with E-state index in [-0.39, 0.29) is 12.5 Å². The molecule has 5 rings (SSSR count). The van der Waals surface area contributed by atoms with E-state index in [1.165, 1.54) is 0 Å². The highest BCUT2D eigenvalue weighted by Gasteiger charge is 2.38. The number of nitrogens with zero attached hydrogens (tertiary/aromatic N) is 3. The molecule has 0 spiro atoms. The lowest BCUT2D eigenvalue weighted by atomic mass is 9.86. The Hall–Kier alpha value is -3.17. The normalized spacial score (nSPS) is 19.4. The van der Waals surface area contributed by atoms with E-state index in [1.54, 1.807) is 12.3 Å². The molecule has 0 unspecified atom stereocenters. The number of aliphatic hydroxyl groups is 1. The van der Waals surface area contributed by atoms with Gasteiger partial charge in [0.1, 0.15) is 5.52 Å². The van der Waals surface area contributed by atoms with E-state index in [2.05, 4.69) is 20.5 Å². The largest absolute Gasteiger partial charge is 0.459 e. The highest BCUT2D eigenvalue weighted by molar-refractivity contribution is 6.06. The van der Waals surface area contributed by atoms with Crippen molar-refractivity contribution in [3.8, 4) is 0 Å². The number of fused-ring (bicyclic) bond motifs is 2. The molecule has 0 saturated carbocycles. The molecule has 1 amide bonds. The smallest absolute Gasteiger partial charge is 0.234 e. The van der Waals surface area contributed by atoms with Crippen LogP contribution in [0, 0.1) is 0 Å². The Bertz CT molecular complexity index is 1160. The lowest BCUT2D eigenvalue weighted by molar-refractivity contribution is -0.119. The standard InChI is InChI=1S/C22H26N6O3/c1-21(2)14-4-3-13(11-16(14)25-19(21)29)24-20-26-15-5-10-31-17(15)18(27-20)28-8-6-22(30,12-23)7-9-28/h3-5,10-11,30H,6-9,12,23H2,1-2H3,(H,25,29)(H,24,26,27). The summed E-state index contributed by atoms with van der Waals surface area (Å²) in [6.45, 7) is 5.32. The first-order valence-electron chi connectivity index (χ1n) is 10.4. The number of amides is 1. The van der Waals surface area contributed by atoms with Crippen LogP contribution in [0.2, 0.25) is 0 Å². The maximum absolute atomic E-state index is 12.2. The molecule has 1 aromatic carbocycles. The van der Waals surface area contributed by atoms with Crippen LogP contribution >= 0.6 is 0 Å². The van der Waals surface area contributed by atoms with Crippen molar-refractivity contribution in [3.05, 3.63) is 36.1 Å². The van der Waals surface area contributed by atoms with Crippen LogP contribution in [0.3, 0.4) is 0 Å². The summed E-state index contributed by atoms with van der Waals surface area (Å²) in [5.41, 5.74) is 8.20. The number of aromatic nitrogens is 2. The van der Waals surface area contributed by atoms with Crippen LogP contribution in [0.4, 0.5) is 23.1 Å². The minimum Gasteiger partial charge on any atom is -0.459 e. The summed E-state index contributed by atoms with van der Waals surface area (Å²) in [5, 5.41) is 16.6. The molecule has 162 valence electrons. The number of hydrogen-bond donors (Lipinski definition) is 4. The molecule has 9 heteroatoms. The van der Waals surface area contributed by atoms with Gasteiger partial charge in [0.25, 0.3) is 0 Å². The molecule has 4 heterocycles. The van der Waals surface area contributed by atoms with Crippen molar-refractivity contribution in [1.82, 2.24) is 9.97 Å². The molecule has 0 radical (unpaired) electrons. The number of rotatable bonds is 4. The zero-order valence-corrected chi connectivity index (χ0v) is 17.6. The lowest BCUT2D eigenvalue weighted by Crippen LogP contribution is -2.49. The summed E-state index contributed by atoms with van der Waals surface area (Å²) in [4.78, 5) is 23.6. The second kappa shape index (κ2) is 6.93. The molecule has 0 aliphatic carbocycles. The maximum Gasteiger partial charge on any atom is 0.234 e. The Morgan fingerprint density at radius 2 is 2.03 bits per heavy atom. The summed E-state index contributed by atoms with van der Waals surface area (Å²) in [6, 6.07) is 7.57. The van der Waals surface area contributed by atoms with Gasteiger partial charge in [0.15, 0.2) is 11.4 Å². The number of nitrogens with one attached hydrogen (secondary N) is 2. The predicted octanol–water partition coefficient (Wildman–Crippen LogP) is 2.49. The number of carbonyl (C=O) groups is 1. The first-order chi connectivity index (χ1) is 14.8. The van der Waals surface area contributed by atoms with E-state index in [4.69, 9.17) is 15.1 Å². The van der Waals surface area contributed by atoms with Gasteiger partial charge in [0.05, 0.1) is 17.3 Å². The minimum atomic E-state index is -0.824. The molecular weight excluding hydrogens is 396 g/mol. The Labute approximate surface area is 179 Å². The SMILES string of the molecule is CC1(C)C(=O)Nc2cc(Nc3nc(N4CCC(O)(CN)CC4)c4occc4n3)ccc21. The minimum absolute atomic E-state index is 0.0134. The molecule has 2 aliphatic heterocycles. The van der Waals surface area contributed by atoms with E-state index in [0.29, 0.717) is 48.8 Å². The van der Waals surface area contributed by atoms with Gasteiger partial charge in [-0.2, -0.15) is 4.98 Å². The second-order valence-corrected chi connectivity index (χ2v) is 8.89. The zero-order valence-electron chi connectivity index (χ0n) is 17.6. The fraction of sp³-hybridized carbons (Fsp3) is 0.409. The topological polar surface area (TPSA) is 130 Å². The van der Waals surface area contributed by atoms with Crippen LogP contribution in [0.1, 0.15) is 32.3 Å². The molecule has 3 aromatic rings. The number of benzene rings is 1. The van der Waals surface area contributed by atoms with Crippen molar-refractivity contribution in [2.24, 2.45) is 5.73 Å². The Balaban J connectivity index is 1.45. The van der Waals surface area contributed by atoms with E-state index in [9.17, 15) is 9.90 Å². The molecule has 2 aromatic heterocycles. The van der Waals surface area contributed by atoms with E-state index in [1.807, 2.05) is 32.0 Å². The van der Waals surface area contributed by atoms with Crippen molar-refractivity contribution >= 4 is 40.1 Å². The summed E-state index contributed by atoms with van der Waals surface area (Å²) in [6.07, 6.45) is 2.73. The van der Waals surface area contributed by atoms with E-state index in [0.717, 1.165) is 16.9 Å². The quantitative estimate of drug-likeness (QED) is 0.505. The average Bonchev–Trinajstić information content (AvgIpc) is 3.30. The van der Waals surface area contributed by atoms with Gasteiger partial charge < -0.3 is 30.8 Å². The monoisotopic (exact) mass is 422 g/mol. The fourth-order valence-corrected chi connectivity index (χ4v) is 4.26. The van der Waals surface area contributed by atoms with Crippen LogP contribution in [0.25, 0.3) is 11.1 Å². The van der Waals surface area contributed by atoms with Gasteiger partial charge >= 0.3 is 0 Å². The molecule has 1 saturated heterocycles. The molecular formula is C22H26N6O3. The first kappa shape index (κ1) is 19.8. The summed E-state index contributed by atoms with van der Waals surface area (Å²) < 4.78 is 5.65. The summed E-state index contributed by atoms with van der Waals surface area (Å²) in [7, 11) is 0. The van der Waals surface area contributed by atoms with Crippen molar-refractivity contribution in [3.63, 3.8) is 0 Å². The van der Waals surface area contributed by atoms with Crippen LogP contribution in [-0.4, -0.2) is 46.2 Å². The van der Waals surface area contributed by atoms with Crippen molar-refractivity contribution < 1.29 is 14.3 Å². The van der Waals surface area contributed by atoms with Crippen molar-refractivity contribution in [2.75, 3.05) is 35.2 Å². The number of anilines is 4. The van der Waals surface area contributed by atoms with Crippen LogP contribution in [0.15, 0.2) is 34.9 Å². The second-order valence-electron chi connectivity index (χ2n) is 8.89. The van der Waals surface area contributed by atoms with Crippen LogP contribution in [-0.2, 0) is 10.2 Å². The number of furan rings is 1. The Kier molecular flexibility index (Phi) is 4.42. The molecule has 0 bridgehead atoms. The number of hydrogen-bond acceptors (Lipinski definition) is 8. The predicted molar refractivity (Wildman–Crippen MR) is 119 cm³/mol. The highest BCUT2D eigenvalue weighted by Crippen LogP contribution is 2.39. The third-order valence-electron chi connectivity index (χ3n) is 6.42. The molecule has 9 nitrogen and oxygen atoms in total. The van der Waals surface area contributed by atoms with Crippen molar-refractivity contribution in [2.45, 2.75) is 37.7 Å². The number of nitrogens with two attached hydrogens (primary N) is 1. The highest BCUT2D eigenvalue weighted by atomic mass is 16.3. The first-order valence-corrected chi connectivity index (χ1v) is 10.4. The van der Waals surface area contributed by atoms with Gasteiger partial charge in [-0.25, -0.2) is 4.98 Å². The summed E-state index contributed by atoms with van der Waals surface area (Å²) >= 11 is 0. The number of carbonyl (C=O) groups excluding carboxylic acids is 1. The Morgan fingerprint density at radius 3 is 2.77 bits per heavy atom. The zero-order chi connectivity index (χ0) is 21.8. The molecule has 5 N–H and O–H groups in total. The van der Waals surface area contributed by atoms with Crippen molar-refractivity contribution in [1.29, 1.82) is 0 Å². The third-order valence-corrected chi connectivity index (χ3v) is 6.42. The molecule has 2 aliphatic rings. The average molecular weight is 422 g/mol. The Morgan fingerprint density at radius 1 is 1.26 bits per heavy atom. The number of piperidine rings is 1. The molecule has 31 heavy (non-hydrogen) atoms. The van der Waals surface area contributed by atoms with Crippen LogP contribution < -0.4 is 21.3 Å². The van der Waals surface area contributed by atoms with E-state index >= 15 is 0 Å². The molecule has 1 fully saturated rings. The van der Waals surface area contributed by atoms with E-state index < -0.39 is 11.0 Å². The van der Waals surface area contributed by atoms with Crippen LogP contribution in [0.5, 0.6) is 0 Å². The van der Waals surface area contributed by atoms with Gasteiger partial charge in [0, 0.05) is 37.1 Å². The summed E-state index contributed by atoms with van der Waals surface area (Å²) in [5.74, 6) is 1.11. The lowest BCUT2D eigenvalue weighted by Gasteiger charge is -2.37. The molecule has 0 atom stereocenters. The fourth-order valence-electron chi connectivity index (χ4n) is 4.26. The van der Waals surface area contributed by atoms with Gasteiger partial charge in [-0.3, -0.25) is 4.79 Å². The van der Waals surface area contributed by atoms with Gasteiger partial charge in [-0.05, 0) is 44.4 Å². The van der Waals surface area contributed by atoms with Gasteiger partial charge in [-0.1, -0.05) is 6.07 Å². The van der Waals surface area contributed by atoms with Gasteiger partial charge in [0.2, 0.25) is 11.9 Å².